The highest BCUT2D eigenvalue weighted by molar-refractivity contribution is 7.89. The number of ketones is 1. The molecule has 0 atom stereocenters. The Bertz CT molecular complexity index is 757. The third-order valence-electron chi connectivity index (χ3n) is 3.54. The number of allylic oxidation sites excluding steroid dienone is 1. The van der Waals surface area contributed by atoms with E-state index in [1.54, 1.807) is 13.8 Å². The third-order valence-corrected chi connectivity index (χ3v) is 5.45. The number of sulfonamides is 1. The molecule has 1 aromatic rings. The fraction of sp³-hybridized carbons (Fsp3) is 0.412. The minimum Gasteiger partial charge on any atom is -0.454 e. The van der Waals surface area contributed by atoms with Crippen LogP contribution in [0.15, 0.2) is 40.8 Å². The normalized spacial score (nSPS) is 15.4. The van der Waals surface area contributed by atoms with Crippen molar-refractivity contribution >= 4 is 21.8 Å². The lowest BCUT2D eigenvalue weighted by molar-refractivity contribution is -0.136. The highest BCUT2D eigenvalue weighted by Gasteiger charge is 2.26. The summed E-state index contributed by atoms with van der Waals surface area (Å²) < 4.78 is 36.4. The van der Waals surface area contributed by atoms with Crippen molar-refractivity contribution in [1.82, 2.24) is 4.31 Å². The molecule has 0 aliphatic carbocycles. The molecule has 0 amide bonds. The molecule has 136 valence electrons. The van der Waals surface area contributed by atoms with Crippen molar-refractivity contribution in [2.24, 2.45) is 0 Å². The van der Waals surface area contributed by atoms with E-state index in [0.29, 0.717) is 26.3 Å². The van der Waals surface area contributed by atoms with E-state index in [-0.39, 0.29) is 10.5 Å². The van der Waals surface area contributed by atoms with Crippen LogP contribution in [-0.4, -0.2) is 57.4 Å². The van der Waals surface area contributed by atoms with Gasteiger partial charge < -0.3 is 9.47 Å². The summed E-state index contributed by atoms with van der Waals surface area (Å²) in [7, 11) is -3.59. The SMILES string of the molecule is CC(C)=CC(=O)OCC(=O)c1ccc(S(=O)(=O)N2CCOCC2)cc1. The summed E-state index contributed by atoms with van der Waals surface area (Å²) in [6, 6.07) is 5.61. The van der Waals surface area contributed by atoms with Crippen LogP contribution in [0.4, 0.5) is 0 Å². The summed E-state index contributed by atoms with van der Waals surface area (Å²) in [6.07, 6.45) is 1.30. The molecular weight excluding hydrogens is 346 g/mol. The van der Waals surface area contributed by atoms with Gasteiger partial charge in [0.05, 0.1) is 18.1 Å². The first-order valence-corrected chi connectivity index (χ1v) is 9.27. The van der Waals surface area contributed by atoms with Crippen LogP contribution in [0.3, 0.4) is 0 Å². The average Bonchev–Trinajstić information content (AvgIpc) is 2.60. The predicted molar refractivity (Wildman–Crippen MR) is 90.7 cm³/mol. The minimum absolute atomic E-state index is 0.118. The Morgan fingerprint density at radius 1 is 1.16 bits per heavy atom. The maximum absolute atomic E-state index is 12.5. The summed E-state index contributed by atoms with van der Waals surface area (Å²) in [5, 5.41) is 0. The van der Waals surface area contributed by atoms with Gasteiger partial charge in [-0.3, -0.25) is 4.79 Å². The first-order chi connectivity index (χ1) is 11.8. The highest BCUT2D eigenvalue weighted by atomic mass is 32.2. The first kappa shape index (κ1) is 19.3. The number of morpholine rings is 1. The van der Waals surface area contributed by atoms with Gasteiger partial charge in [0.15, 0.2) is 12.4 Å². The molecule has 1 saturated heterocycles. The Hall–Kier alpha value is -2.03. The molecule has 0 saturated carbocycles. The van der Waals surface area contributed by atoms with Gasteiger partial charge in [0, 0.05) is 24.7 Å². The summed E-state index contributed by atoms with van der Waals surface area (Å²) in [5.74, 6) is -0.981. The Kier molecular flexibility index (Phi) is 6.46. The van der Waals surface area contributed by atoms with Gasteiger partial charge in [0.2, 0.25) is 10.0 Å². The van der Waals surface area contributed by atoms with Crippen LogP contribution in [0.5, 0.6) is 0 Å². The quantitative estimate of drug-likeness (QED) is 0.429. The van der Waals surface area contributed by atoms with Crippen LogP contribution in [0.2, 0.25) is 0 Å². The fourth-order valence-electron chi connectivity index (χ4n) is 2.25. The molecular formula is C17H21NO6S. The number of hydrogen-bond acceptors (Lipinski definition) is 6. The van der Waals surface area contributed by atoms with Crippen LogP contribution >= 0.6 is 0 Å². The van der Waals surface area contributed by atoms with Crippen LogP contribution in [0.25, 0.3) is 0 Å². The second-order valence-corrected chi connectivity index (χ2v) is 7.73. The van der Waals surface area contributed by atoms with E-state index < -0.39 is 28.4 Å². The molecule has 25 heavy (non-hydrogen) atoms. The number of rotatable bonds is 6. The van der Waals surface area contributed by atoms with E-state index in [1.807, 2.05) is 0 Å². The Morgan fingerprint density at radius 3 is 2.32 bits per heavy atom. The largest absolute Gasteiger partial charge is 0.454 e. The molecule has 7 nitrogen and oxygen atoms in total. The molecule has 0 spiro atoms. The zero-order chi connectivity index (χ0) is 18.4. The molecule has 1 aliphatic rings. The summed E-state index contributed by atoms with van der Waals surface area (Å²) >= 11 is 0. The van der Waals surface area contributed by atoms with Crippen molar-refractivity contribution in [2.75, 3.05) is 32.9 Å². The number of carbonyl (C=O) groups is 2. The van der Waals surface area contributed by atoms with E-state index in [4.69, 9.17) is 9.47 Å². The van der Waals surface area contributed by atoms with Gasteiger partial charge in [0.1, 0.15) is 0 Å². The number of esters is 1. The van der Waals surface area contributed by atoms with E-state index in [0.717, 1.165) is 5.57 Å². The number of Topliss-reactive ketones (excluding diaryl/α,β-unsaturated/α-hetero) is 1. The molecule has 1 heterocycles. The predicted octanol–water partition coefficient (Wildman–Crippen LogP) is 1.40. The third kappa shape index (κ3) is 5.22. The smallest absolute Gasteiger partial charge is 0.331 e. The molecule has 8 heteroatoms. The Morgan fingerprint density at radius 2 is 1.76 bits per heavy atom. The summed E-state index contributed by atoms with van der Waals surface area (Å²) in [6.45, 7) is 4.46. The molecule has 1 aromatic carbocycles. The van der Waals surface area contributed by atoms with Gasteiger partial charge in [-0.25, -0.2) is 13.2 Å². The number of ether oxygens (including phenoxy) is 2. The van der Waals surface area contributed by atoms with Gasteiger partial charge in [-0.15, -0.1) is 0 Å². The molecule has 1 fully saturated rings. The van der Waals surface area contributed by atoms with Crippen LogP contribution in [0.1, 0.15) is 24.2 Å². The zero-order valence-electron chi connectivity index (χ0n) is 14.2. The molecule has 1 aliphatic heterocycles. The van der Waals surface area contributed by atoms with E-state index in [9.17, 15) is 18.0 Å². The van der Waals surface area contributed by atoms with Crippen molar-refractivity contribution in [3.8, 4) is 0 Å². The van der Waals surface area contributed by atoms with Crippen molar-refractivity contribution in [2.45, 2.75) is 18.7 Å². The van der Waals surface area contributed by atoms with Gasteiger partial charge in [-0.1, -0.05) is 5.57 Å². The van der Waals surface area contributed by atoms with Gasteiger partial charge in [-0.05, 0) is 38.1 Å². The van der Waals surface area contributed by atoms with Crippen molar-refractivity contribution in [1.29, 1.82) is 0 Å². The topological polar surface area (TPSA) is 90.0 Å². The number of carbonyl (C=O) groups excluding carboxylic acids is 2. The van der Waals surface area contributed by atoms with Crippen molar-refractivity contribution in [3.63, 3.8) is 0 Å². The van der Waals surface area contributed by atoms with Crippen LogP contribution < -0.4 is 0 Å². The molecule has 0 aromatic heterocycles. The lowest BCUT2D eigenvalue weighted by Gasteiger charge is -2.26. The van der Waals surface area contributed by atoms with E-state index in [2.05, 4.69) is 0 Å². The van der Waals surface area contributed by atoms with Crippen LogP contribution in [0, 0.1) is 0 Å². The lowest BCUT2D eigenvalue weighted by atomic mass is 10.1. The minimum atomic E-state index is -3.59. The first-order valence-electron chi connectivity index (χ1n) is 7.83. The molecule has 0 N–H and O–H groups in total. The average molecular weight is 367 g/mol. The molecule has 0 bridgehead atoms. The molecule has 0 unspecified atom stereocenters. The lowest BCUT2D eigenvalue weighted by Crippen LogP contribution is -2.40. The molecule has 0 radical (unpaired) electrons. The maximum Gasteiger partial charge on any atom is 0.331 e. The second kappa shape index (κ2) is 8.37. The summed E-state index contributed by atoms with van der Waals surface area (Å²) in [4.78, 5) is 23.5. The zero-order valence-corrected chi connectivity index (χ0v) is 15.0. The standard InChI is InChI=1S/C17H21NO6S/c1-13(2)11-17(20)24-12-16(19)14-3-5-15(6-4-14)25(21,22)18-7-9-23-10-8-18/h3-6,11H,7-10,12H2,1-2H3. The van der Waals surface area contributed by atoms with E-state index in [1.165, 1.54) is 34.6 Å². The van der Waals surface area contributed by atoms with Gasteiger partial charge in [-0.2, -0.15) is 4.31 Å². The maximum atomic E-state index is 12.5. The number of nitrogens with zero attached hydrogens (tertiary/aromatic N) is 1. The fourth-order valence-corrected chi connectivity index (χ4v) is 3.65. The van der Waals surface area contributed by atoms with Crippen molar-refractivity contribution in [3.05, 3.63) is 41.5 Å². The van der Waals surface area contributed by atoms with Crippen LogP contribution in [-0.2, 0) is 24.3 Å². The van der Waals surface area contributed by atoms with Gasteiger partial charge in [0.25, 0.3) is 0 Å². The summed E-state index contributed by atoms with van der Waals surface area (Å²) in [5.41, 5.74) is 1.06. The van der Waals surface area contributed by atoms with E-state index >= 15 is 0 Å². The second-order valence-electron chi connectivity index (χ2n) is 5.79. The van der Waals surface area contributed by atoms with Crippen molar-refractivity contribution < 1.29 is 27.5 Å². The number of hydrogen-bond donors (Lipinski definition) is 0. The Labute approximate surface area is 147 Å². The highest BCUT2D eigenvalue weighted by Crippen LogP contribution is 2.18. The molecule has 2 rings (SSSR count). The number of benzene rings is 1. The van der Waals surface area contributed by atoms with Gasteiger partial charge >= 0.3 is 5.97 Å². The monoisotopic (exact) mass is 367 g/mol. The Balaban J connectivity index is 2.02.